The smallest absolute Gasteiger partial charge is 0.143 e. The first kappa shape index (κ1) is 16.7. The molecular weight excluding hydrogens is 345 g/mol. The Morgan fingerprint density at radius 3 is 2.58 bits per heavy atom. The van der Waals surface area contributed by atoms with Crippen molar-refractivity contribution in [3.63, 3.8) is 0 Å². The number of nitrogens with zero attached hydrogens (tertiary/aromatic N) is 2. The Balaban J connectivity index is 1.80. The van der Waals surface area contributed by atoms with Gasteiger partial charge in [0.15, 0.2) is 0 Å². The molecule has 2 aromatic heterocycles. The summed E-state index contributed by atoms with van der Waals surface area (Å²) in [7, 11) is 0. The van der Waals surface area contributed by atoms with E-state index >= 15 is 0 Å². The van der Waals surface area contributed by atoms with Crippen molar-refractivity contribution in [2.75, 3.05) is 5.32 Å². The summed E-state index contributed by atoms with van der Waals surface area (Å²) in [5.41, 5.74) is 3.00. The minimum atomic E-state index is -0.275. The minimum absolute atomic E-state index is 0.275. The van der Waals surface area contributed by atoms with Crippen molar-refractivity contribution < 1.29 is 4.39 Å². The van der Waals surface area contributed by atoms with Gasteiger partial charge in [-0.2, -0.15) is 0 Å². The normalized spacial score (nSPS) is 11.0. The van der Waals surface area contributed by atoms with Crippen LogP contribution in [0, 0.1) is 19.7 Å². The summed E-state index contributed by atoms with van der Waals surface area (Å²) in [6.07, 6.45) is 0.657. The molecule has 0 aliphatic heterocycles. The van der Waals surface area contributed by atoms with E-state index in [2.05, 4.69) is 31.3 Å². The van der Waals surface area contributed by atoms with Crippen molar-refractivity contribution in [3.8, 4) is 0 Å². The van der Waals surface area contributed by atoms with Gasteiger partial charge in [-0.05, 0) is 43.2 Å². The molecule has 2 heterocycles. The molecule has 4 aromatic rings. The van der Waals surface area contributed by atoms with Gasteiger partial charge >= 0.3 is 0 Å². The molecule has 130 valence electrons. The molecule has 0 atom stereocenters. The average Bonchev–Trinajstić information content (AvgIpc) is 2.90. The molecule has 1 N–H and O–H groups in total. The summed E-state index contributed by atoms with van der Waals surface area (Å²) < 4.78 is 13.6. The molecule has 0 amide bonds. The van der Waals surface area contributed by atoms with E-state index in [1.807, 2.05) is 24.3 Å². The molecule has 26 heavy (non-hydrogen) atoms. The molecule has 4 rings (SSSR count). The summed E-state index contributed by atoms with van der Waals surface area (Å²) in [4.78, 5) is 11.7. The number of anilines is 2. The van der Waals surface area contributed by atoms with Gasteiger partial charge in [0.25, 0.3) is 0 Å². The largest absolute Gasteiger partial charge is 0.339 e. The van der Waals surface area contributed by atoms with Crippen LogP contribution in [0.1, 0.15) is 21.8 Å². The second-order valence-corrected chi connectivity index (χ2v) is 7.45. The fourth-order valence-corrected chi connectivity index (χ4v) is 3.99. The summed E-state index contributed by atoms with van der Waals surface area (Å²) in [5.74, 6) is 1.21. The molecule has 0 saturated heterocycles. The van der Waals surface area contributed by atoms with Gasteiger partial charge in [-0.25, -0.2) is 14.4 Å². The Labute approximate surface area is 155 Å². The summed E-state index contributed by atoms with van der Waals surface area (Å²) in [5, 5.41) is 4.29. The fraction of sp³-hybridized carbons (Fsp3) is 0.143. The number of benzene rings is 2. The van der Waals surface area contributed by atoms with Gasteiger partial charge in [0.1, 0.15) is 22.3 Å². The standard InChI is InChI=1S/C21H18FN3S/c1-13-14(2)26-21-19(13)20(23-17-10-6-9-16(22)12-17)24-18(25-21)11-15-7-4-3-5-8-15/h3-10,12H,11H2,1-2H3,(H,23,24,25). The second kappa shape index (κ2) is 6.84. The number of hydrogen-bond acceptors (Lipinski definition) is 4. The first-order chi connectivity index (χ1) is 12.6. The maximum atomic E-state index is 13.6. The van der Waals surface area contributed by atoms with E-state index in [4.69, 9.17) is 9.97 Å². The zero-order chi connectivity index (χ0) is 18.1. The van der Waals surface area contributed by atoms with Crippen molar-refractivity contribution in [1.29, 1.82) is 0 Å². The second-order valence-electron chi connectivity index (χ2n) is 6.25. The zero-order valence-electron chi connectivity index (χ0n) is 14.6. The van der Waals surface area contributed by atoms with E-state index in [1.54, 1.807) is 17.4 Å². The molecule has 0 spiro atoms. The number of fused-ring (bicyclic) bond motifs is 1. The number of thiophene rings is 1. The average molecular weight is 363 g/mol. The number of rotatable bonds is 4. The topological polar surface area (TPSA) is 37.8 Å². The minimum Gasteiger partial charge on any atom is -0.339 e. The van der Waals surface area contributed by atoms with E-state index in [9.17, 15) is 4.39 Å². The fourth-order valence-electron chi connectivity index (χ4n) is 2.94. The van der Waals surface area contributed by atoms with Gasteiger partial charge in [-0.3, -0.25) is 0 Å². The molecule has 3 nitrogen and oxygen atoms in total. The number of hydrogen-bond donors (Lipinski definition) is 1. The van der Waals surface area contributed by atoms with E-state index in [0.717, 1.165) is 33.0 Å². The van der Waals surface area contributed by atoms with Crippen molar-refractivity contribution in [2.45, 2.75) is 20.3 Å². The van der Waals surface area contributed by atoms with Gasteiger partial charge in [0.2, 0.25) is 0 Å². The van der Waals surface area contributed by atoms with Crippen LogP contribution < -0.4 is 5.32 Å². The number of nitrogens with one attached hydrogen (secondary N) is 1. The lowest BCUT2D eigenvalue weighted by Gasteiger charge is -2.10. The quantitative estimate of drug-likeness (QED) is 0.499. The molecule has 0 saturated carbocycles. The number of aryl methyl sites for hydroxylation is 2. The molecule has 0 aliphatic rings. The predicted molar refractivity (Wildman–Crippen MR) is 106 cm³/mol. The van der Waals surface area contributed by atoms with E-state index in [1.165, 1.54) is 17.0 Å². The first-order valence-electron chi connectivity index (χ1n) is 8.43. The Hall–Kier alpha value is -2.79. The molecule has 0 aliphatic carbocycles. The Morgan fingerprint density at radius 2 is 1.81 bits per heavy atom. The third-order valence-corrected chi connectivity index (χ3v) is 5.47. The van der Waals surface area contributed by atoms with Gasteiger partial charge in [-0.1, -0.05) is 36.4 Å². The lowest BCUT2D eigenvalue weighted by molar-refractivity contribution is 0.628. The van der Waals surface area contributed by atoms with Crippen LogP contribution in [0.15, 0.2) is 54.6 Å². The molecule has 0 radical (unpaired) electrons. The maximum absolute atomic E-state index is 13.6. The van der Waals surface area contributed by atoms with Crippen molar-refractivity contribution >= 4 is 33.1 Å². The van der Waals surface area contributed by atoms with Crippen LogP contribution >= 0.6 is 11.3 Å². The van der Waals surface area contributed by atoms with Crippen LogP contribution in [0.4, 0.5) is 15.9 Å². The molecule has 5 heteroatoms. The lowest BCUT2D eigenvalue weighted by Crippen LogP contribution is -2.02. The van der Waals surface area contributed by atoms with Crippen LogP contribution in [0.3, 0.4) is 0 Å². The van der Waals surface area contributed by atoms with E-state index in [0.29, 0.717) is 12.1 Å². The monoisotopic (exact) mass is 363 g/mol. The van der Waals surface area contributed by atoms with Crippen molar-refractivity contribution in [3.05, 3.63) is 82.2 Å². The van der Waals surface area contributed by atoms with Crippen LogP contribution in [0.2, 0.25) is 0 Å². The Kier molecular flexibility index (Phi) is 4.39. The Bertz CT molecular complexity index is 1070. The number of halogens is 1. The lowest BCUT2D eigenvalue weighted by atomic mass is 10.1. The van der Waals surface area contributed by atoms with Crippen LogP contribution in [-0.4, -0.2) is 9.97 Å². The van der Waals surface area contributed by atoms with Crippen LogP contribution in [0.5, 0.6) is 0 Å². The highest BCUT2D eigenvalue weighted by Gasteiger charge is 2.15. The molecule has 0 unspecified atom stereocenters. The summed E-state index contributed by atoms with van der Waals surface area (Å²) in [6.45, 7) is 4.16. The third-order valence-electron chi connectivity index (χ3n) is 4.37. The molecule has 2 aromatic carbocycles. The highest BCUT2D eigenvalue weighted by Crippen LogP contribution is 2.34. The maximum Gasteiger partial charge on any atom is 0.143 e. The predicted octanol–water partition coefficient (Wildman–Crippen LogP) is 5.78. The summed E-state index contributed by atoms with van der Waals surface area (Å²) >= 11 is 1.67. The highest BCUT2D eigenvalue weighted by molar-refractivity contribution is 7.18. The van der Waals surface area contributed by atoms with Crippen molar-refractivity contribution in [2.24, 2.45) is 0 Å². The van der Waals surface area contributed by atoms with Gasteiger partial charge in [-0.15, -0.1) is 11.3 Å². The first-order valence-corrected chi connectivity index (χ1v) is 9.25. The molecule has 0 fully saturated rings. The zero-order valence-corrected chi connectivity index (χ0v) is 15.4. The van der Waals surface area contributed by atoms with E-state index in [-0.39, 0.29) is 5.82 Å². The SMILES string of the molecule is Cc1sc2nc(Cc3ccccc3)nc(Nc3cccc(F)c3)c2c1C. The number of aromatic nitrogens is 2. The molecule has 0 bridgehead atoms. The van der Waals surface area contributed by atoms with E-state index < -0.39 is 0 Å². The van der Waals surface area contributed by atoms with Gasteiger partial charge in [0, 0.05) is 17.0 Å². The summed E-state index contributed by atoms with van der Waals surface area (Å²) in [6, 6.07) is 16.6. The molecular formula is C21H18FN3S. The van der Waals surface area contributed by atoms with Gasteiger partial charge in [0.05, 0.1) is 5.39 Å². The van der Waals surface area contributed by atoms with Gasteiger partial charge < -0.3 is 5.32 Å². The Morgan fingerprint density at radius 1 is 1.00 bits per heavy atom. The highest BCUT2D eigenvalue weighted by atomic mass is 32.1. The van der Waals surface area contributed by atoms with Crippen LogP contribution in [0.25, 0.3) is 10.2 Å². The van der Waals surface area contributed by atoms with Crippen LogP contribution in [-0.2, 0) is 6.42 Å². The van der Waals surface area contributed by atoms with Crippen molar-refractivity contribution in [1.82, 2.24) is 9.97 Å². The third kappa shape index (κ3) is 3.30.